The molecule has 0 radical (unpaired) electrons. The topological polar surface area (TPSA) is 26.0 Å². The van der Waals surface area contributed by atoms with Crippen molar-refractivity contribution in [3.05, 3.63) is 69.2 Å². The van der Waals surface area contributed by atoms with Crippen LogP contribution in [0.25, 0.3) is 0 Å². The van der Waals surface area contributed by atoms with Gasteiger partial charge in [-0.1, -0.05) is 41.4 Å². The van der Waals surface area contributed by atoms with E-state index in [2.05, 4.69) is 0 Å². The van der Waals surface area contributed by atoms with Crippen molar-refractivity contribution in [3.8, 4) is 0 Å². The van der Waals surface area contributed by atoms with Gasteiger partial charge in [-0.3, -0.25) is 0 Å². The molecule has 0 saturated heterocycles. The molecular weight excluding hydrogens is 339 g/mol. The van der Waals surface area contributed by atoms with Gasteiger partial charge in [0.15, 0.2) is 0 Å². The van der Waals surface area contributed by atoms with Crippen molar-refractivity contribution in [2.24, 2.45) is 5.73 Å². The lowest BCUT2D eigenvalue weighted by atomic mass is 9.99. The van der Waals surface area contributed by atoms with Gasteiger partial charge < -0.3 is 5.73 Å². The van der Waals surface area contributed by atoms with Gasteiger partial charge in [0.2, 0.25) is 0 Å². The maximum absolute atomic E-state index is 13.8. The van der Waals surface area contributed by atoms with E-state index in [0.717, 1.165) is 11.6 Å². The summed E-state index contributed by atoms with van der Waals surface area (Å²) >= 11 is 11.3. The highest BCUT2D eigenvalue weighted by Gasteiger charge is 2.16. The minimum Gasteiger partial charge on any atom is -0.324 e. The van der Waals surface area contributed by atoms with Gasteiger partial charge in [-0.15, -0.1) is 12.4 Å². The third-order valence-electron chi connectivity index (χ3n) is 3.12. The lowest BCUT2D eigenvalue weighted by Gasteiger charge is -2.14. The van der Waals surface area contributed by atoms with Crippen LogP contribution in [0.1, 0.15) is 23.6 Å². The molecule has 2 aromatic rings. The first-order valence-electron chi connectivity index (χ1n) is 6.12. The third-order valence-corrected chi connectivity index (χ3v) is 3.72. The Morgan fingerprint density at radius 3 is 2.24 bits per heavy atom. The summed E-state index contributed by atoms with van der Waals surface area (Å²) in [5.74, 6) is -1.56. The first kappa shape index (κ1) is 18.2. The van der Waals surface area contributed by atoms with E-state index >= 15 is 0 Å². The molecule has 21 heavy (non-hydrogen) atoms. The molecule has 0 aliphatic carbocycles. The largest absolute Gasteiger partial charge is 0.324 e. The lowest BCUT2D eigenvalue weighted by Crippen LogP contribution is -2.13. The van der Waals surface area contributed by atoms with Crippen molar-refractivity contribution < 1.29 is 8.78 Å². The predicted octanol–water partition coefficient (Wildman–Crippen LogP) is 5.33. The molecule has 2 N–H and O–H groups in total. The molecule has 2 rings (SSSR count). The first-order valence-corrected chi connectivity index (χ1v) is 6.88. The van der Waals surface area contributed by atoms with E-state index in [1.807, 2.05) is 12.1 Å². The Balaban J connectivity index is 0.00000220. The van der Waals surface area contributed by atoms with Crippen LogP contribution >= 0.6 is 35.6 Å². The molecule has 0 amide bonds. The second-order valence-corrected chi connectivity index (χ2v) is 5.35. The van der Waals surface area contributed by atoms with Crippen molar-refractivity contribution in [1.82, 2.24) is 0 Å². The average Bonchev–Trinajstić information content (AvgIpc) is 2.44. The SMILES string of the molecule is Cl.NC(CCc1ccc(Cl)cc1)c1ccc(F)c(Cl)c1F. The van der Waals surface area contributed by atoms with Crippen LogP contribution in [0.5, 0.6) is 0 Å². The van der Waals surface area contributed by atoms with Crippen LogP contribution in [0.4, 0.5) is 8.78 Å². The van der Waals surface area contributed by atoms with Crippen molar-refractivity contribution >= 4 is 35.6 Å². The van der Waals surface area contributed by atoms with E-state index < -0.39 is 22.7 Å². The fourth-order valence-corrected chi connectivity index (χ4v) is 2.25. The van der Waals surface area contributed by atoms with Crippen molar-refractivity contribution in [2.75, 3.05) is 0 Å². The smallest absolute Gasteiger partial charge is 0.149 e. The minimum absolute atomic E-state index is 0. The number of halogens is 5. The fourth-order valence-electron chi connectivity index (χ4n) is 1.96. The Morgan fingerprint density at radius 1 is 1.00 bits per heavy atom. The van der Waals surface area contributed by atoms with E-state index in [9.17, 15) is 8.78 Å². The van der Waals surface area contributed by atoms with Crippen LogP contribution in [0, 0.1) is 11.6 Å². The molecule has 6 heteroatoms. The molecule has 1 nitrogen and oxygen atoms in total. The van der Waals surface area contributed by atoms with Gasteiger partial charge in [0.05, 0.1) is 0 Å². The quantitative estimate of drug-likeness (QED) is 0.740. The van der Waals surface area contributed by atoms with Crippen molar-refractivity contribution in [2.45, 2.75) is 18.9 Å². The molecular formula is C15H14Cl3F2N. The number of nitrogens with two attached hydrogens (primary N) is 1. The van der Waals surface area contributed by atoms with Crippen LogP contribution in [-0.4, -0.2) is 0 Å². The molecule has 1 unspecified atom stereocenters. The van der Waals surface area contributed by atoms with E-state index in [-0.39, 0.29) is 18.0 Å². The molecule has 0 aromatic heterocycles. The summed E-state index contributed by atoms with van der Waals surface area (Å²) in [6.45, 7) is 0. The summed E-state index contributed by atoms with van der Waals surface area (Å²) in [5, 5.41) is 0.152. The van der Waals surface area contributed by atoms with Gasteiger partial charge in [-0.25, -0.2) is 8.78 Å². The number of aryl methyl sites for hydroxylation is 1. The monoisotopic (exact) mass is 351 g/mol. The molecule has 0 spiro atoms. The zero-order valence-corrected chi connectivity index (χ0v) is 13.3. The summed E-state index contributed by atoms with van der Waals surface area (Å²) in [7, 11) is 0. The standard InChI is InChI=1S/C15H13Cl2F2N.ClH/c16-10-4-1-9(2-5-10)3-8-13(20)11-6-7-12(18)14(17)15(11)19;/h1-2,4-7,13H,3,8,20H2;1H. The molecule has 0 heterocycles. The summed E-state index contributed by atoms with van der Waals surface area (Å²) in [4.78, 5) is 0. The van der Waals surface area contributed by atoms with E-state index in [4.69, 9.17) is 28.9 Å². The van der Waals surface area contributed by atoms with Gasteiger partial charge >= 0.3 is 0 Å². The lowest BCUT2D eigenvalue weighted by molar-refractivity contribution is 0.544. The van der Waals surface area contributed by atoms with Crippen LogP contribution in [0.2, 0.25) is 10.0 Å². The van der Waals surface area contributed by atoms with Crippen molar-refractivity contribution in [1.29, 1.82) is 0 Å². The maximum atomic E-state index is 13.8. The summed E-state index contributed by atoms with van der Waals surface area (Å²) in [5.41, 5.74) is 7.23. The van der Waals surface area contributed by atoms with Gasteiger partial charge in [-0.05, 0) is 36.6 Å². The van der Waals surface area contributed by atoms with Crippen LogP contribution < -0.4 is 5.73 Å². The Bertz CT molecular complexity index is 603. The minimum atomic E-state index is -0.782. The van der Waals surface area contributed by atoms with E-state index in [0.29, 0.717) is 17.9 Å². The molecule has 0 saturated carbocycles. The van der Waals surface area contributed by atoms with E-state index in [1.54, 1.807) is 12.1 Å². The van der Waals surface area contributed by atoms with Crippen molar-refractivity contribution in [3.63, 3.8) is 0 Å². The third kappa shape index (κ3) is 4.55. The molecule has 2 aromatic carbocycles. The molecule has 0 bridgehead atoms. The molecule has 0 fully saturated rings. The highest BCUT2D eigenvalue weighted by molar-refractivity contribution is 6.31. The first-order chi connectivity index (χ1) is 9.49. The maximum Gasteiger partial charge on any atom is 0.149 e. The van der Waals surface area contributed by atoms with Gasteiger partial charge in [0.1, 0.15) is 16.7 Å². The Hall–Kier alpha value is -0.870. The summed E-state index contributed by atoms with van der Waals surface area (Å²) in [6.07, 6.45) is 1.20. The number of hydrogen-bond acceptors (Lipinski definition) is 1. The Morgan fingerprint density at radius 2 is 1.62 bits per heavy atom. The number of rotatable bonds is 4. The Kier molecular flexibility index (Phi) is 6.88. The number of hydrogen-bond donors (Lipinski definition) is 1. The van der Waals surface area contributed by atoms with Gasteiger partial charge in [0.25, 0.3) is 0 Å². The van der Waals surface area contributed by atoms with Crippen LogP contribution in [0.3, 0.4) is 0 Å². The normalized spacial score (nSPS) is 11.9. The van der Waals surface area contributed by atoms with Crippen LogP contribution in [-0.2, 0) is 6.42 Å². The zero-order valence-electron chi connectivity index (χ0n) is 11.0. The molecule has 1 atom stereocenters. The predicted molar refractivity (Wildman–Crippen MR) is 85.3 cm³/mol. The second-order valence-electron chi connectivity index (χ2n) is 4.54. The second kappa shape index (κ2) is 7.95. The highest BCUT2D eigenvalue weighted by Crippen LogP contribution is 2.27. The zero-order chi connectivity index (χ0) is 14.7. The van der Waals surface area contributed by atoms with Gasteiger partial charge in [0, 0.05) is 16.6 Å². The summed E-state index contributed by atoms with van der Waals surface area (Å²) in [6, 6.07) is 9.29. The summed E-state index contributed by atoms with van der Waals surface area (Å²) < 4.78 is 26.9. The average molecular weight is 353 g/mol. The molecule has 0 aliphatic heterocycles. The Labute approximate surface area is 138 Å². The fraction of sp³-hybridized carbons (Fsp3) is 0.200. The highest BCUT2D eigenvalue weighted by atomic mass is 35.5. The molecule has 0 aliphatic rings. The number of benzene rings is 2. The van der Waals surface area contributed by atoms with Gasteiger partial charge in [-0.2, -0.15) is 0 Å². The van der Waals surface area contributed by atoms with Crippen LogP contribution in [0.15, 0.2) is 36.4 Å². The molecule has 114 valence electrons. The van der Waals surface area contributed by atoms with E-state index in [1.165, 1.54) is 6.07 Å².